The quantitative estimate of drug-likeness (QED) is 0.833. The van der Waals surface area contributed by atoms with Crippen molar-refractivity contribution in [2.45, 2.75) is 64.4 Å². The van der Waals surface area contributed by atoms with E-state index in [1.807, 2.05) is 0 Å². The molecule has 100 valence electrons. The lowest BCUT2D eigenvalue weighted by Crippen LogP contribution is -2.16. The first kappa shape index (κ1) is 13.1. The monoisotopic (exact) mass is 249 g/mol. The van der Waals surface area contributed by atoms with E-state index in [4.69, 9.17) is 10.5 Å². The summed E-state index contributed by atoms with van der Waals surface area (Å²) in [5, 5.41) is 0. The molecule has 0 saturated heterocycles. The zero-order valence-electron chi connectivity index (χ0n) is 11.2. The van der Waals surface area contributed by atoms with Crippen LogP contribution in [0.4, 0.5) is 5.82 Å². The molecule has 1 fully saturated rings. The van der Waals surface area contributed by atoms with Crippen LogP contribution in [0.3, 0.4) is 0 Å². The summed E-state index contributed by atoms with van der Waals surface area (Å²) in [5.74, 6) is 1.95. The number of hydrogen-bond donors (Lipinski definition) is 1. The van der Waals surface area contributed by atoms with Gasteiger partial charge in [0.05, 0.1) is 0 Å². The molecule has 0 bridgehead atoms. The van der Waals surface area contributed by atoms with Crippen molar-refractivity contribution in [1.82, 2.24) is 9.97 Å². The number of aromatic nitrogens is 2. The normalized spacial score (nSPS) is 17.4. The van der Waals surface area contributed by atoms with Gasteiger partial charge in [-0.05, 0) is 32.1 Å². The highest BCUT2D eigenvalue weighted by molar-refractivity contribution is 5.33. The molecule has 0 radical (unpaired) electrons. The van der Waals surface area contributed by atoms with E-state index in [2.05, 4.69) is 16.9 Å². The van der Waals surface area contributed by atoms with Gasteiger partial charge in [-0.1, -0.05) is 19.8 Å². The summed E-state index contributed by atoms with van der Waals surface area (Å²) >= 11 is 0. The number of hydrogen-bond acceptors (Lipinski definition) is 4. The molecule has 0 atom stereocenters. The Hall–Kier alpha value is -1.32. The van der Waals surface area contributed by atoms with Crippen LogP contribution in [0.15, 0.2) is 6.07 Å². The molecule has 1 aromatic heterocycles. The van der Waals surface area contributed by atoms with Crippen LogP contribution in [0.5, 0.6) is 5.88 Å². The van der Waals surface area contributed by atoms with Crippen LogP contribution in [-0.2, 0) is 6.42 Å². The lowest BCUT2D eigenvalue weighted by atomic mass is 10.1. The van der Waals surface area contributed by atoms with E-state index in [-0.39, 0.29) is 0 Å². The Morgan fingerprint density at radius 3 is 2.61 bits per heavy atom. The molecule has 4 nitrogen and oxygen atoms in total. The maximum absolute atomic E-state index is 5.97. The highest BCUT2D eigenvalue weighted by atomic mass is 16.5. The van der Waals surface area contributed by atoms with E-state index < -0.39 is 0 Å². The maximum Gasteiger partial charge on any atom is 0.218 e. The summed E-state index contributed by atoms with van der Waals surface area (Å²) in [6.07, 6.45) is 9.61. The maximum atomic E-state index is 5.97. The van der Waals surface area contributed by atoms with Crippen molar-refractivity contribution in [3.05, 3.63) is 11.9 Å². The van der Waals surface area contributed by atoms with E-state index in [9.17, 15) is 0 Å². The summed E-state index contributed by atoms with van der Waals surface area (Å²) in [5.41, 5.74) is 5.79. The van der Waals surface area contributed by atoms with Crippen molar-refractivity contribution in [3.8, 4) is 5.88 Å². The fourth-order valence-electron chi connectivity index (χ4n) is 2.42. The Balaban J connectivity index is 2.02. The first-order valence-electron chi connectivity index (χ1n) is 7.08. The van der Waals surface area contributed by atoms with Crippen LogP contribution < -0.4 is 10.5 Å². The van der Waals surface area contributed by atoms with E-state index in [1.165, 1.54) is 25.7 Å². The van der Waals surface area contributed by atoms with Crippen LogP contribution in [0, 0.1) is 0 Å². The second-order valence-electron chi connectivity index (χ2n) is 5.03. The van der Waals surface area contributed by atoms with Gasteiger partial charge in [0.15, 0.2) is 0 Å². The average molecular weight is 249 g/mol. The Morgan fingerprint density at radius 2 is 1.94 bits per heavy atom. The Labute approximate surface area is 109 Å². The Bertz CT molecular complexity index is 373. The second kappa shape index (κ2) is 6.57. The second-order valence-corrected chi connectivity index (χ2v) is 5.03. The predicted molar refractivity (Wildman–Crippen MR) is 72.6 cm³/mol. The molecule has 1 heterocycles. The van der Waals surface area contributed by atoms with Crippen molar-refractivity contribution < 1.29 is 4.74 Å². The van der Waals surface area contributed by atoms with Gasteiger partial charge < -0.3 is 10.5 Å². The minimum atomic E-state index is 0.302. The molecule has 0 amide bonds. The highest BCUT2D eigenvalue weighted by Crippen LogP contribution is 2.22. The van der Waals surface area contributed by atoms with Crippen LogP contribution in [0.2, 0.25) is 0 Å². The lowest BCUT2D eigenvalue weighted by Gasteiger charge is -2.16. The Kier molecular flexibility index (Phi) is 4.79. The van der Waals surface area contributed by atoms with Gasteiger partial charge in [0.25, 0.3) is 0 Å². The Morgan fingerprint density at radius 1 is 1.22 bits per heavy atom. The molecule has 0 spiro atoms. The van der Waals surface area contributed by atoms with Crippen molar-refractivity contribution in [1.29, 1.82) is 0 Å². The van der Waals surface area contributed by atoms with Gasteiger partial charge in [0.2, 0.25) is 5.88 Å². The number of nitrogens with zero attached hydrogens (tertiary/aromatic N) is 2. The largest absolute Gasteiger partial charge is 0.474 e. The van der Waals surface area contributed by atoms with Gasteiger partial charge in [0.1, 0.15) is 17.7 Å². The summed E-state index contributed by atoms with van der Waals surface area (Å²) in [4.78, 5) is 8.66. The zero-order chi connectivity index (χ0) is 12.8. The highest BCUT2D eigenvalue weighted by Gasteiger charge is 2.15. The minimum absolute atomic E-state index is 0.302. The summed E-state index contributed by atoms with van der Waals surface area (Å²) in [6, 6.07) is 1.74. The van der Waals surface area contributed by atoms with E-state index in [0.717, 1.165) is 31.5 Å². The average Bonchev–Trinajstić information content (AvgIpc) is 2.57. The predicted octanol–water partition coefficient (Wildman–Crippen LogP) is 3.11. The molecular formula is C14H23N3O. The molecule has 18 heavy (non-hydrogen) atoms. The first-order chi connectivity index (χ1) is 8.78. The van der Waals surface area contributed by atoms with Gasteiger partial charge in [-0.25, -0.2) is 4.98 Å². The van der Waals surface area contributed by atoms with Crippen LogP contribution in [0.25, 0.3) is 0 Å². The van der Waals surface area contributed by atoms with Gasteiger partial charge in [-0.15, -0.1) is 0 Å². The van der Waals surface area contributed by atoms with Crippen molar-refractivity contribution in [2.24, 2.45) is 0 Å². The van der Waals surface area contributed by atoms with E-state index >= 15 is 0 Å². The van der Waals surface area contributed by atoms with E-state index in [0.29, 0.717) is 17.8 Å². The molecule has 0 unspecified atom stereocenters. The molecule has 1 aliphatic rings. The fraction of sp³-hybridized carbons (Fsp3) is 0.714. The SMILES string of the molecule is CCCc1nc(N)cc(OC2CCCCCC2)n1. The minimum Gasteiger partial charge on any atom is -0.474 e. The summed E-state index contributed by atoms with van der Waals surface area (Å²) < 4.78 is 5.97. The smallest absolute Gasteiger partial charge is 0.218 e. The number of aryl methyl sites for hydroxylation is 1. The topological polar surface area (TPSA) is 61.0 Å². The molecule has 2 rings (SSSR count). The number of nitrogen functional groups attached to an aromatic ring is 1. The van der Waals surface area contributed by atoms with Gasteiger partial charge in [-0.3, -0.25) is 0 Å². The molecule has 4 heteroatoms. The van der Waals surface area contributed by atoms with Crippen molar-refractivity contribution in [2.75, 3.05) is 5.73 Å². The van der Waals surface area contributed by atoms with Crippen LogP contribution >= 0.6 is 0 Å². The third-order valence-corrected chi connectivity index (χ3v) is 3.33. The number of nitrogens with two attached hydrogens (primary N) is 1. The molecule has 0 aliphatic heterocycles. The van der Waals surface area contributed by atoms with Gasteiger partial charge in [0, 0.05) is 12.5 Å². The fourth-order valence-corrected chi connectivity index (χ4v) is 2.42. The van der Waals surface area contributed by atoms with Crippen molar-refractivity contribution >= 4 is 5.82 Å². The summed E-state index contributed by atoms with van der Waals surface area (Å²) in [7, 11) is 0. The molecule has 1 saturated carbocycles. The third-order valence-electron chi connectivity index (χ3n) is 3.33. The molecule has 1 aliphatic carbocycles. The third kappa shape index (κ3) is 3.86. The van der Waals surface area contributed by atoms with E-state index in [1.54, 1.807) is 6.07 Å². The zero-order valence-corrected chi connectivity index (χ0v) is 11.2. The summed E-state index contributed by atoms with van der Waals surface area (Å²) in [6.45, 7) is 2.11. The molecule has 2 N–H and O–H groups in total. The lowest BCUT2D eigenvalue weighted by molar-refractivity contribution is 0.175. The van der Waals surface area contributed by atoms with Crippen LogP contribution in [-0.4, -0.2) is 16.1 Å². The van der Waals surface area contributed by atoms with Crippen molar-refractivity contribution in [3.63, 3.8) is 0 Å². The van der Waals surface area contributed by atoms with Gasteiger partial charge >= 0.3 is 0 Å². The molecular weight excluding hydrogens is 226 g/mol. The number of anilines is 1. The number of ether oxygens (including phenoxy) is 1. The standard InChI is InChI=1S/C14H23N3O/c1-2-7-13-16-12(15)10-14(17-13)18-11-8-5-3-4-6-9-11/h10-11H,2-9H2,1H3,(H2,15,16,17). The van der Waals surface area contributed by atoms with Crippen LogP contribution in [0.1, 0.15) is 57.7 Å². The first-order valence-corrected chi connectivity index (χ1v) is 7.08. The number of rotatable bonds is 4. The molecule has 0 aromatic carbocycles. The van der Waals surface area contributed by atoms with Gasteiger partial charge in [-0.2, -0.15) is 4.98 Å². The molecule has 1 aromatic rings.